The molecule has 0 bridgehead atoms. The standard InChI is InChI=1S/C15H16N2O5/c1-5-21-15(20)11-6-12-8(2)16-17(9(3)18)14(12)13(7-11)22-10(4)19/h6-7H,5H2,1-4H3. The Morgan fingerprint density at radius 2 is 1.91 bits per heavy atom. The minimum absolute atomic E-state index is 0.101. The SMILES string of the molecule is CCOC(=O)c1cc(OC(C)=O)c2c(c1)c(C)nn2C(C)=O. The van der Waals surface area contributed by atoms with E-state index in [1.165, 1.54) is 19.9 Å². The monoisotopic (exact) mass is 304 g/mol. The Morgan fingerprint density at radius 3 is 2.45 bits per heavy atom. The third-order valence-electron chi connectivity index (χ3n) is 2.99. The van der Waals surface area contributed by atoms with Gasteiger partial charge in [0.25, 0.3) is 0 Å². The molecule has 0 spiro atoms. The molecule has 22 heavy (non-hydrogen) atoms. The number of carbonyl (C=O) groups is 3. The van der Waals surface area contributed by atoms with Gasteiger partial charge in [0.15, 0.2) is 5.75 Å². The second-order valence-electron chi connectivity index (χ2n) is 4.70. The average molecular weight is 304 g/mol. The Labute approximate surface area is 126 Å². The molecule has 0 aliphatic rings. The molecule has 1 aromatic heterocycles. The van der Waals surface area contributed by atoms with Gasteiger partial charge in [-0.05, 0) is 26.0 Å². The van der Waals surface area contributed by atoms with Gasteiger partial charge in [-0.2, -0.15) is 9.78 Å². The zero-order chi connectivity index (χ0) is 16.4. The van der Waals surface area contributed by atoms with E-state index in [0.717, 1.165) is 4.68 Å². The summed E-state index contributed by atoms with van der Waals surface area (Å²) in [5, 5.41) is 4.68. The van der Waals surface area contributed by atoms with E-state index in [2.05, 4.69) is 5.10 Å². The van der Waals surface area contributed by atoms with Gasteiger partial charge in [-0.25, -0.2) is 4.79 Å². The van der Waals surface area contributed by atoms with E-state index in [-0.39, 0.29) is 23.8 Å². The Morgan fingerprint density at radius 1 is 1.23 bits per heavy atom. The molecule has 0 unspecified atom stereocenters. The Kier molecular flexibility index (Phi) is 4.25. The van der Waals surface area contributed by atoms with E-state index in [0.29, 0.717) is 16.6 Å². The van der Waals surface area contributed by atoms with Crippen LogP contribution in [0.5, 0.6) is 5.75 Å². The van der Waals surface area contributed by atoms with E-state index >= 15 is 0 Å². The first-order valence-electron chi connectivity index (χ1n) is 6.75. The van der Waals surface area contributed by atoms with Crippen molar-refractivity contribution in [2.24, 2.45) is 0 Å². The van der Waals surface area contributed by atoms with Gasteiger partial charge in [-0.15, -0.1) is 0 Å². The number of hydrogen-bond acceptors (Lipinski definition) is 6. The molecule has 7 nitrogen and oxygen atoms in total. The number of hydrogen-bond donors (Lipinski definition) is 0. The van der Waals surface area contributed by atoms with Gasteiger partial charge in [0.1, 0.15) is 5.52 Å². The Balaban J connectivity index is 2.75. The topological polar surface area (TPSA) is 87.5 Å². The molecule has 0 radical (unpaired) electrons. The fourth-order valence-electron chi connectivity index (χ4n) is 2.15. The summed E-state index contributed by atoms with van der Waals surface area (Å²) in [6.45, 7) is 6.22. The fraction of sp³-hybridized carbons (Fsp3) is 0.333. The highest BCUT2D eigenvalue weighted by Crippen LogP contribution is 2.30. The highest BCUT2D eigenvalue weighted by molar-refractivity contribution is 6.01. The van der Waals surface area contributed by atoms with Crippen molar-refractivity contribution in [2.75, 3.05) is 6.61 Å². The molecule has 0 amide bonds. The van der Waals surface area contributed by atoms with Crippen LogP contribution in [0.2, 0.25) is 0 Å². The summed E-state index contributed by atoms with van der Waals surface area (Å²) in [4.78, 5) is 34.9. The van der Waals surface area contributed by atoms with Crippen LogP contribution in [0.3, 0.4) is 0 Å². The molecule has 0 atom stereocenters. The van der Waals surface area contributed by atoms with Crippen LogP contribution in [-0.4, -0.2) is 34.2 Å². The maximum Gasteiger partial charge on any atom is 0.338 e. The van der Waals surface area contributed by atoms with Crippen LogP contribution < -0.4 is 4.74 Å². The van der Waals surface area contributed by atoms with Crippen LogP contribution in [0.4, 0.5) is 0 Å². The van der Waals surface area contributed by atoms with Crippen LogP contribution in [0.1, 0.15) is 41.6 Å². The minimum Gasteiger partial charge on any atom is -0.462 e. The maximum atomic E-state index is 11.9. The summed E-state index contributed by atoms with van der Waals surface area (Å²) in [7, 11) is 0. The first-order chi connectivity index (χ1) is 10.3. The lowest BCUT2D eigenvalue weighted by Gasteiger charge is -2.08. The number of aryl methyl sites for hydroxylation is 1. The second kappa shape index (κ2) is 5.97. The quantitative estimate of drug-likeness (QED) is 0.637. The highest BCUT2D eigenvalue weighted by Gasteiger charge is 2.20. The zero-order valence-electron chi connectivity index (χ0n) is 12.8. The van der Waals surface area contributed by atoms with E-state index in [4.69, 9.17) is 9.47 Å². The number of fused-ring (bicyclic) bond motifs is 1. The molecule has 0 fully saturated rings. The first kappa shape index (κ1) is 15.7. The van der Waals surface area contributed by atoms with E-state index in [9.17, 15) is 14.4 Å². The van der Waals surface area contributed by atoms with Crippen LogP contribution in [-0.2, 0) is 9.53 Å². The van der Waals surface area contributed by atoms with Crippen molar-refractivity contribution in [1.82, 2.24) is 9.78 Å². The summed E-state index contributed by atoms with van der Waals surface area (Å²) in [6, 6.07) is 2.95. The molecular formula is C15H16N2O5. The van der Waals surface area contributed by atoms with Crippen molar-refractivity contribution in [3.63, 3.8) is 0 Å². The third kappa shape index (κ3) is 2.83. The maximum absolute atomic E-state index is 11.9. The van der Waals surface area contributed by atoms with Crippen molar-refractivity contribution >= 4 is 28.7 Å². The predicted octanol–water partition coefficient (Wildman–Crippen LogP) is 2.11. The van der Waals surface area contributed by atoms with Gasteiger partial charge in [0.2, 0.25) is 5.91 Å². The highest BCUT2D eigenvalue weighted by atomic mass is 16.5. The van der Waals surface area contributed by atoms with Crippen LogP contribution in [0.25, 0.3) is 10.9 Å². The number of nitrogens with zero attached hydrogens (tertiary/aromatic N) is 2. The summed E-state index contributed by atoms with van der Waals surface area (Å²) in [6.07, 6.45) is 0. The van der Waals surface area contributed by atoms with Crippen molar-refractivity contribution in [3.05, 3.63) is 23.4 Å². The predicted molar refractivity (Wildman–Crippen MR) is 78.0 cm³/mol. The number of rotatable bonds is 3. The van der Waals surface area contributed by atoms with E-state index < -0.39 is 11.9 Å². The Hall–Kier alpha value is -2.70. The first-order valence-corrected chi connectivity index (χ1v) is 6.75. The normalized spacial score (nSPS) is 10.5. The van der Waals surface area contributed by atoms with Crippen LogP contribution >= 0.6 is 0 Å². The van der Waals surface area contributed by atoms with Gasteiger partial charge >= 0.3 is 11.9 Å². The fourth-order valence-corrected chi connectivity index (χ4v) is 2.15. The van der Waals surface area contributed by atoms with Crippen molar-refractivity contribution in [1.29, 1.82) is 0 Å². The number of ether oxygens (including phenoxy) is 2. The van der Waals surface area contributed by atoms with Crippen LogP contribution in [0.15, 0.2) is 12.1 Å². The van der Waals surface area contributed by atoms with Gasteiger partial charge in [-0.3, -0.25) is 9.59 Å². The number of benzene rings is 1. The lowest BCUT2D eigenvalue weighted by Crippen LogP contribution is -2.11. The van der Waals surface area contributed by atoms with Gasteiger partial charge in [-0.1, -0.05) is 0 Å². The summed E-state index contributed by atoms with van der Waals surface area (Å²) in [5.74, 6) is -1.32. The zero-order valence-corrected chi connectivity index (χ0v) is 12.8. The summed E-state index contributed by atoms with van der Waals surface area (Å²) >= 11 is 0. The lowest BCUT2D eigenvalue weighted by molar-refractivity contribution is -0.131. The molecule has 0 saturated carbocycles. The minimum atomic E-state index is -0.559. The van der Waals surface area contributed by atoms with E-state index in [1.807, 2.05) is 0 Å². The molecule has 1 aromatic carbocycles. The number of esters is 2. The number of carbonyl (C=O) groups excluding carboxylic acids is 3. The molecule has 0 aliphatic heterocycles. The third-order valence-corrected chi connectivity index (χ3v) is 2.99. The Bertz CT molecular complexity index is 776. The van der Waals surface area contributed by atoms with Crippen molar-refractivity contribution < 1.29 is 23.9 Å². The number of aromatic nitrogens is 2. The molecule has 0 aliphatic carbocycles. The largest absolute Gasteiger partial charge is 0.462 e. The van der Waals surface area contributed by atoms with E-state index in [1.54, 1.807) is 19.9 Å². The molecule has 1 heterocycles. The van der Waals surface area contributed by atoms with Gasteiger partial charge < -0.3 is 9.47 Å². The molecule has 2 rings (SSSR count). The lowest BCUT2D eigenvalue weighted by atomic mass is 10.1. The second-order valence-corrected chi connectivity index (χ2v) is 4.70. The molecule has 2 aromatic rings. The molecule has 7 heteroatoms. The van der Waals surface area contributed by atoms with Crippen molar-refractivity contribution in [2.45, 2.75) is 27.7 Å². The molecule has 0 saturated heterocycles. The molecule has 0 N–H and O–H groups in total. The van der Waals surface area contributed by atoms with Gasteiger partial charge in [0, 0.05) is 19.2 Å². The average Bonchev–Trinajstić information content (AvgIpc) is 2.76. The molecule has 116 valence electrons. The summed E-state index contributed by atoms with van der Waals surface area (Å²) < 4.78 is 11.2. The van der Waals surface area contributed by atoms with Gasteiger partial charge in [0.05, 0.1) is 17.9 Å². The smallest absolute Gasteiger partial charge is 0.338 e. The molecular weight excluding hydrogens is 288 g/mol. The van der Waals surface area contributed by atoms with Crippen LogP contribution in [0, 0.1) is 6.92 Å². The summed E-state index contributed by atoms with van der Waals surface area (Å²) in [5.41, 5.74) is 1.13. The van der Waals surface area contributed by atoms with Crippen molar-refractivity contribution in [3.8, 4) is 5.75 Å².